The van der Waals surface area contributed by atoms with E-state index in [0.717, 1.165) is 18.2 Å². The summed E-state index contributed by atoms with van der Waals surface area (Å²) in [5.41, 5.74) is 5.66. The second kappa shape index (κ2) is 5.16. The van der Waals surface area contributed by atoms with Gasteiger partial charge in [0.15, 0.2) is 5.82 Å². The fraction of sp³-hybridized carbons (Fsp3) is 0. The Hall–Kier alpha value is -3.03. The molecule has 21 heavy (non-hydrogen) atoms. The Bertz CT molecular complexity index is 772. The monoisotopic (exact) mass is 288 g/mol. The predicted molar refractivity (Wildman–Crippen MR) is 73.2 cm³/mol. The zero-order valence-corrected chi connectivity index (χ0v) is 10.7. The summed E-state index contributed by atoms with van der Waals surface area (Å²) in [5.74, 6) is -0.605. The molecular formula is C13H10F2N6. The van der Waals surface area contributed by atoms with Gasteiger partial charge in [0.25, 0.3) is 0 Å². The number of hydrogen-bond acceptors (Lipinski definition) is 5. The molecule has 0 saturated heterocycles. The van der Waals surface area contributed by atoms with Crippen molar-refractivity contribution >= 4 is 17.6 Å². The summed E-state index contributed by atoms with van der Waals surface area (Å²) >= 11 is 0. The van der Waals surface area contributed by atoms with E-state index in [1.54, 1.807) is 24.4 Å². The average Bonchev–Trinajstić information content (AvgIpc) is 2.84. The number of nitrogens with one attached hydrogen (secondary N) is 1. The molecule has 0 fully saturated rings. The second-order valence-corrected chi connectivity index (χ2v) is 4.14. The SMILES string of the molecule is Nc1nc(Nc2cc(F)ccc2F)nn1-c1ccccn1. The van der Waals surface area contributed by atoms with Gasteiger partial charge in [-0.2, -0.15) is 9.67 Å². The van der Waals surface area contributed by atoms with Gasteiger partial charge in [-0.05, 0) is 24.3 Å². The van der Waals surface area contributed by atoms with E-state index < -0.39 is 11.6 Å². The summed E-state index contributed by atoms with van der Waals surface area (Å²) < 4.78 is 28.0. The molecular weight excluding hydrogens is 278 g/mol. The molecule has 0 aliphatic carbocycles. The highest BCUT2D eigenvalue weighted by Crippen LogP contribution is 2.20. The highest BCUT2D eigenvalue weighted by atomic mass is 19.1. The Morgan fingerprint density at radius 3 is 2.76 bits per heavy atom. The Balaban J connectivity index is 1.93. The fourth-order valence-corrected chi connectivity index (χ4v) is 1.74. The van der Waals surface area contributed by atoms with Gasteiger partial charge >= 0.3 is 0 Å². The van der Waals surface area contributed by atoms with E-state index in [1.165, 1.54) is 4.68 Å². The standard InChI is InChI=1S/C13H10F2N6/c14-8-4-5-9(15)10(7-8)18-13-19-12(16)21(20-13)11-3-1-2-6-17-11/h1-7H,(H3,16,18,19,20). The number of pyridine rings is 1. The zero-order valence-electron chi connectivity index (χ0n) is 10.7. The molecule has 106 valence electrons. The van der Waals surface area contributed by atoms with E-state index in [2.05, 4.69) is 20.4 Å². The van der Waals surface area contributed by atoms with E-state index in [-0.39, 0.29) is 17.6 Å². The first kappa shape index (κ1) is 13.0. The van der Waals surface area contributed by atoms with Crippen molar-refractivity contribution in [2.45, 2.75) is 0 Å². The number of hydrogen-bond donors (Lipinski definition) is 2. The lowest BCUT2D eigenvalue weighted by molar-refractivity contribution is 0.603. The van der Waals surface area contributed by atoms with E-state index in [0.29, 0.717) is 5.82 Å². The third-order valence-corrected chi connectivity index (χ3v) is 2.67. The van der Waals surface area contributed by atoms with Crippen molar-refractivity contribution in [1.29, 1.82) is 0 Å². The van der Waals surface area contributed by atoms with Gasteiger partial charge in [0.05, 0.1) is 5.69 Å². The van der Waals surface area contributed by atoms with Crippen LogP contribution in [0.4, 0.5) is 26.4 Å². The summed E-state index contributed by atoms with van der Waals surface area (Å²) in [7, 11) is 0. The molecule has 0 spiro atoms. The van der Waals surface area contributed by atoms with E-state index >= 15 is 0 Å². The van der Waals surface area contributed by atoms with Crippen LogP contribution in [0.15, 0.2) is 42.6 Å². The molecule has 2 heterocycles. The fourth-order valence-electron chi connectivity index (χ4n) is 1.74. The molecule has 0 aliphatic heterocycles. The van der Waals surface area contributed by atoms with Crippen LogP contribution in [0.3, 0.4) is 0 Å². The number of nitrogens with two attached hydrogens (primary N) is 1. The number of aromatic nitrogens is 4. The van der Waals surface area contributed by atoms with Crippen LogP contribution in [0.1, 0.15) is 0 Å². The first-order chi connectivity index (χ1) is 10.1. The molecule has 6 nitrogen and oxygen atoms in total. The summed E-state index contributed by atoms with van der Waals surface area (Å²) in [4.78, 5) is 8.02. The van der Waals surface area contributed by atoms with Gasteiger partial charge in [-0.3, -0.25) is 0 Å². The van der Waals surface area contributed by atoms with Gasteiger partial charge in [0, 0.05) is 12.3 Å². The van der Waals surface area contributed by atoms with Gasteiger partial charge in [-0.25, -0.2) is 13.8 Å². The topological polar surface area (TPSA) is 81.6 Å². The Kier molecular flexibility index (Phi) is 3.19. The van der Waals surface area contributed by atoms with Gasteiger partial charge in [-0.1, -0.05) is 6.07 Å². The molecule has 0 atom stereocenters. The van der Waals surface area contributed by atoms with Crippen LogP contribution >= 0.6 is 0 Å². The number of nitrogens with zero attached hydrogens (tertiary/aromatic N) is 4. The molecule has 3 aromatic rings. The van der Waals surface area contributed by atoms with Crippen molar-refractivity contribution in [3.05, 3.63) is 54.2 Å². The van der Waals surface area contributed by atoms with Crippen molar-refractivity contribution in [2.75, 3.05) is 11.1 Å². The third-order valence-electron chi connectivity index (χ3n) is 2.67. The van der Waals surface area contributed by atoms with Crippen LogP contribution < -0.4 is 11.1 Å². The highest BCUT2D eigenvalue weighted by molar-refractivity contribution is 5.55. The molecule has 0 radical (unpaired) electrons. The summed E-state index contributed by atoms with van der Waals surface area (Å²) in [6.07, 6.45) is 1.58. The number of nitrogen functional groups attached to an aromatic ring is 1. The van der Waals surface area contributed by atoms with Crippen LogP contribution in [0.25, 0.3) is 5.82 Å². The largest absolute Gasteiger partial charge is 0.368 e. The van der Waals surface area contributed by atoms with Crippen LogP contribution in [-0.4, -0.2) is 19.7 Å². The first-order valence-corrected chi connectivity index (χ1v) is 5.99. The van der Waals surface area contributed by atoms with Crippen molar-refractivity contribution < 1.29 is 8.78 Å². The van der Waals surface area contributed by atoms with Gasteiger partial charge in [0.1, 0.15) is 11.6 Å². The smallest absolute Gasteiger partial charge is 0.248 e. The molecule has 3 N–H and O–H groups in total. The van der Waals surface area contributed by atoms with Crippen molar-refractivity contribution in [2.24, 2.45) is 0 Å². The number of anilines is 3. The maximum absolute atomic E-state index is 13.6. The van der Waals surface area contributed by atoms with Crippen LogP contribution in [-0.2, 0) is 0 Å². The first-order valence-electron chi connectivity index (χ1n) is 5.99. The maximum atomic E-state index is 13.6. The van der Waals surface area contributed by atoms with Gasteiger partial charge < -0.3 is 11.1 Å². The Labute approximate surface area is 118 Å². The quantitative estimate of drug-likeness (QED) is 0.772. The van der Waals surface area contributed by atoms with Gasteiger partial charge in [0.2, 0.25) is 11.9 Å². The maximum Gasteiger partial charge on any atom is 0.248 e. The lowest BCUT2D eigenvalue weighted by atomic mass is 10.3. The van der Waals surface area contributed by atoms with E-state index in [4.69, 9.17) is 5.73 Å². The molecule has 8 heteroatoms. The van der Waals surface area contributed by atoms with Gasteiger partial charge in [-0.15, -0.1) is 5.10 Å². The van der Waals surface area contributed by atoms with Crippen LogP contribution in [0.2, 0.25) is 0 Å². The zero-order chi connectivity index (χ0) is 14.8. The molecule has 0 saturated carbocycles. The summed E-state index contributed by atoms with van der Waals surface area (Å²) in [6.45, 7) is 0. The van der Waals surface area contributed by atoms with Crippen molar-refractivity contribution in [3.63, 3.8) is 0 Å². The molecule has 0 unspecified atom stereocenters. The molecule has 0 aliphatic rings. The van der Waals surface area contributed by atoms with E-state index in [9.17, 15) is 8.78 Å². The minimum Gasteiger partial charge on any atom is -0.368 e. The average molecular weight is 288 g/mol. The normalized spacial score (nSPS) is 10.6. The summed E-state index contributed by atoms with van der Waals surface area (Å²) in [6, 6.07) is 8.25. The van der Waals surface area contributed by atoms with Crippen molar-refractivity contribution in [3.8, 4) is 5.82 Å². The van der Waals surface area contributed by atoms with Crippen molar-refractivity contribution in [1.82, 2.24) is 19.7 Å². The Morgan fingerprint density at radius 1 is 1.14 bits per heavy atom. The minimum atomic E-state index is -0.621. The lowest BCUT2D eigenvalue weighted by Gasteiger charge is -2.03. The second-order valence-electron chi connectivity index (χ2n) is 4.14. The predicted octanol–water partition coefficient (Wildman–Crippen LogP) is 2.27. The third kappa shape index (κ3) is 2.64. The van der Waals surface area contributed by atoms with E-state index in [1.807, 2.05) is 0 Å². The van der Waals surface area contributed by atoms with Crippen LogP contribution in [0.5, 0.6) is 0 Å². The minimum absolute atomic E-state index is 0.0441. The molecule has 0 amide bonds. The molecule has 1 aromatic carbocycles. The Morgan fingerprint density at radius 2 is 2.00 bits per heavy atom. The number of halogens is 2. The lowest BCUT2D eigenvalue weighted by Crippen LogP contribution is -2.04. The number of rotatable bonds is 3. The van der Waals surface area contributed by atoms with Crippen LogP contribution in [0, 0.1) is 11.6 Å². The molecule has 3 rings (SSSR count). The highest BCUT2D eigenvalue weighted by Gasteiger charge is 2.11. The number of benzene rings is 1. The molecule has 0 bridgehead atoms. The summed E-state index contributed by atoms with van der Waals surface area (Å²) in [5, 5.41) is 6.64. The molecule has 2 aromatic heterocycles.